The molecule has 0 radical (unpaired) electrons. The van der Waals surface area contributed by atoms with Crippen molar-refractivity contribution in [2.45, 2.75) is 26.2 Å². The van der Waals surface area contributed by atoms with Gasteiger partial charge in [-0.15, -0.1) is 0 Å². The number of nitrogens with zero attached hydrogens (tertiary/aromatic N) is 3. The van der Waals surface area contributed by atoms with Crippen LogP contribution in [0, 0.1) is 11.7 Å². The number of nitrogens with one attached hydrogen (secondary N) is 1. The molecule has 17 heavy (non-hydrogen) atoms. The van der Waals surface area contributed by atoms with Gasteiger partial charge in [0.25, 0.3) is 0 Å². The van der Waals surface area contributed by atoms with E-state index in [1.165, 1.54) is 24.8 Å². The minimum Gasteiger partial charge on any atom is -0.328 e. The van der Waals surface area contributed by atoms with E-state index in [-0.39, 0.29) is 0 Å². The zero-order valence-corrected chi connectivity index (χ0v) is 10.8. The molecule has 0 bridgehead atoms. The second-order valence-electron chi connectivity index (χ2n) is 4.58. The predicted octanol–water partition coefficient (Wildman–Crippen LogP) is 2.52. The predicted molar refractivity (Wildman–Crippen MR) is 71.5 cm³/mol. The molecule has 2 aromatic heterocycles. The van der Waals surface area contributed by atoms with Crippen molar-refractivity contribution in [3.8, 4) is 0 Å². The number of rotatable bonds is 1. The quantitative estimate of drug-likeness (QED) is 0.788. The molecule has 0 amide bonds. The number of aromatic nitrogens is 3. The molecule has 5 heteroatoms. The van der Waals surface area contributed by atoms with E-state index >= 15 is 0 Å². The van der Waals surface area contributed by atoms with Gasteiger partial charge in [-0.1, -0.05) is 0 Å². The monoisotopic (exact) mass is 248 g/mol. The molecule has 3 rings (SSSR count). The second kappa shape index (κ2) is 4.14. The number of piperidine rings is 1. The molecule has 4 nitrogen and oxygen atoms in total. The molecule has 3 heterocycles. The summed E-state index contributed by atoms with van der Waals surface area (Å²) >= 11 is 5.42. The van der Waals surface area contributed by atoms with Crippen LogP contribution in [0.3, 0.4) is 0 Å². The van der Waals surface area contributed by atoms with Crippen LogP contribution in [-0.4, -0.2) is 27.7 Å². The first-order valence-corrected chi connectivity index (χ1v) is 6.50. The topological polar surface area (TPSA) is 36.9 Å². The van der Waals surface area contributed by atoms with Crippen LogP contribution < -0.4 is 5.01 Å². The van der Waals surface area contributed by atoms with Crippen LogP contribution in [0.25, 0.3) is 11.2 Å². The zero-order valence-electron chi connectivity index (χ0n) is 9.94. The minimum atomic E-state index is 0.753. The number of H-pyrrole nitrogens is 1. The molecule has 0 aliphatic carbocycles. The molecule has 1 fully saturated rings. The number of imidazole rings is 1. The Morgan fingerprint density at radius 1 is 1.29 bits per heavy atom. The standard InChI is InChI=1S/C12H16N4S/c1-9-5-6-13-11-10(9)14-12(17)16(11)15-7-3-2-4-8-15/h5-6H,2-4,7-8H2,1H3,(H,14,17). The molecule has 2 aromatic rings. The van der Waals surface area contributed by atoms with Crippen molar-refractivity contribution in [3.63, 3.8) is 0 Å². The highest BCUT2D eigenvalue weighted by molar-refractivity contribution is 7.71. The Bertz CT molecular complexity index is 592. The van der Waals surface area contributed by atoms with Crippen molar-refractivity contribution < 1.29 is 0 Å². The summed E-state index contributed by atoms with van der Waals surface area (Å²) in [6, 6.07) is 2.01. The van der Waals surface area contributed by atoms with Gasteiger partial charge in [0, 0.05) is 19.3 Å². The lowest BCUT2D eigenvalue weighted by Gasteiger charge is -2.29. The normalized spacial score (nSPS) is 16.6. The molecule has 90 valence electrons. The molecular weight excluding hydrogens is 232 g/mol. The Labute approximate surface area is 105 Å². The third-order valence-electron chi connectivity index (χ3n) is 3.38. The lowest BCUT2D eigenvalue weighted by Crippen LogP contribution is -2.39. The van der Waals surface area contributed by atoms with Crippen LogP contribution in [0.5, 0.6) is 0 Å². The number of fused-ring (bicyclic) bond motifs is 1. The molecule has 1 N–H and O–H groups in total. The van der Waals surface area contributed by atoms with Crippen LogP contribution in [-0.2, 0) is 0 Å². The van der Waals surface area contributed by atoms with E-state index in [1.54, 1.807) is 0 Å². The van der Waals surface area contributed by atoms with Crippen molar-refractivity contribution >= 4 is 23.4 Å². The van der Waals surface area contributed by atoms with E-state index in [9.17, 15) is 0 Å². The van der Waals surface area contributed by atoms with Gasteiger partial charge in [0.05, 0.1) is 5.52 Å². The maximum absolute atomic E-state index is 5.42. The minimum absolute atomic E-state index is 0.753. The summed E-state index contributed by atoms with van der Waals surface area (Å²) in [6.07, 6.45) is 5.64. The van der Waals surface area contributed by atoms with Gasteiger partial charge in [0.15, 0.2) is 10.4 Å². The lowest BCUT2D eigenvalue weighted by atomic mass is 10.2. The van der Waals surface area contributed by atoms with Gasteiger partial charge < -0.3 is 9.99 Å². The Balaban J connectivity index is 2.18. The number of aryl methyl sites for hydroxylation is 1. The Morgan fingerprint density at radius 2 is 2.06 bits per heavy atom. The summed E-state index contributed by atoms with van der Waals surface area (Å²) < 4.78 is 2.82. The molecule has 0 unspecified atom stereocenters. The Morgan fingerprint density at radius 3 is 2.82 bits per heavy atom. The van der Waals surface area contributed by atoms with Crippen LogP contribution >= 0.6 is 12.2 Å². The fraction of sp³-hybridized carbons (Fsp3) is 0.500. The maximum Gasteiger partial charge on any atom is 0.198 e. The van der Waals surface area contributed by atoms with Gasteiger partial charge in [0.2, 0.25) is 0 Å². The molecule has 0 saturated carbocycles. The summed E-state index contributed by atoms with van der Waals surface area (Å²) in [5.41, 5.74) is 3.21. The van der Waals surface area contributed by atoms with Gasteiger partial charge in [-0.3, -0.25) is 0 Å². The first kappa shape index (κ1) is 10.8. The number of pyridine rings is 1. The van der Waals surface area contributed by atoms with Gasteiger partial charge in [-0.25, -0.2) is 9.66 Å². The van der Waals surface area contributed by atoms with Crippen LogP contribution in [0.2, 0.25) is 0 Å². The molecule has 0 spiro atoms. The zero-order chi connectivity index (χ0) is 11.8. The summed E-state index contributed by atoms with van der Waals surface area (Å²) in [4.78, 5) is 7.73. The van der Waals surface area contributed by atoms with Crippen LogP contribution in [0.15, 0.2) is 12.3 Å². The molecule has 1 aliphatic rings. The summed E-state index contributed by atoms with van der Waals surface area (Å²) in [5.74, 6) is 0. The van der Waals surface area contributed by atoms with E-state index in [2.05, 4.69) is 26.6 Å². The highest BCUT2D eigenvalue weighted by Crippen LogP contribution is 2.17. The van der Waals surface area contributed by atoms with Crippen molar-refractivity contribution in [3.05, 3.63) is 22.6 Å². The average molecular weight is 248 g/mol. The Kier molecular flexibility index (Phi) is 2.63. The SMILES string of the molecule is Cc1ccnc2c1[nH]c(=S)n2N1CCCCC1. The van der Waals surface area contributed by atoms with Crippen molar-refractivity contribution in [2.75, 3.05) is 18.1 Å². The van der Waals surface area contributed by atoms with Gasteiger partial charge in [-0.2, -0.15) is 0 Å². The third-order valence-corrected chi connectivity index (χ3v) is 3.65. The Hall–Kier alpha value is -1.36. The van der Waals surface area contributed by atoms with E-state index in [1.807, 2.05) is 12.3 Å². The highest BCUT2D eigenvalue weighted by Gasteiger charge is 2.16. The van der Waals surface area contributed by atoms with E-state index in [4.69, 9.17) is 12.2 Å². The van der Waals surface area contributed by atoms with E-state index in [0.29, 0.717) is 0 Å². The number of hydrogen-bond acceptors (Lipinski definition) is 3. The van der Waals surface area contributed by atoms with Crippen LogP contribution in [0.4, 0.5) is 0 Å². The average Bonchev–Trinajstić information content (AvgIpc) is 2.68. The summed E-state index contributed by atoms with van der Waals surface area (Å²) in [6.45, 7) is 4.21. The molecular formula is C12H16N4S. The molecule has 0 atom stereocenters. The van der Waals surface area contributed by atoms with Crippen molar-refractivity contribution in [1.82, 2.24) is 14.6 Å². The number of hydrogen-bond donors (Lipinski definition) is 1. The smallest absolute Gasteiger partial charge is 0.198 e. The molecule has 0 aromatic carbocycles. The fourth-order valence-electron chi connectivity index (χ4n) is 2.45. The van der Waals surface area contributed by atoms with Crippen molar-refractivity contribution in [1.29, 1.82) is 0 Å². The van der Waals surface area contributed by atoms with Crippen LogP contribution in [0.1, 0.15) is 24.8 Å². The molecule has 1 aliphatic heterocycles. The largest absolute Gasteiger partial charge is 0.328 e. The fourth-order valence-corrected chi connectivity index (χ4v) is 2.76. The van der Waals surface area contributed by atoms with Crippen molar-refractivity contribution in [2.24, 2.45) is 0 Å². The van der Waals surface area contributed by atoms with Gasteiger partial charge >= 0.3 is 0 Å². The van der Waals surface area contributed by atoms with E-state index < -0.39 is 0 Å². The summed E-state index contributed by atoms with van der Waals surface area (Å²) in [7, 11) is 0. The summed E-state index contributed by atoms with van der Waals surface area (Å²) in [5, 5.41) is 2.30. The van der Waals surface area contributed by atoms with E-state index in [0.717, 1.165) is 29.0 Å². The first-order chi connectivity index (χ1) is 8.27. The first-order valence-electron chi connectivity index (χ1n) is 6.09. The maximum atomic E-state index is 5.42. The number of aromatic amines is 1. The second-order valence-corrected chi connectivity index (χ2v) is 4.97. The molecule has 1 saturated heterocycles. The third kappa shape index (κ3) is 1.74. The van der Waals surface area contributed by atoms with Gasteiger partial charge in [-0.05, 0) is 50.0 Å². The lowest BCUT2D eigenvalue weighted by molar-refractivity contribution is 0.481. The van der Waals surface area contributed by atoms with Gasteiger partial charge in [0.1, 0.15) is 0 Å². The highest BCUT2D eigenvalue weighted by atomic mass is 32.1.